The maximum absolute atomic E-state index is 5.96. The van der Waals surface area contributed by atoms with E-state index < -0.39 is 0 Å². The minimum Gasteiger partial charge on any atom is -0.493 e. The van der Waals surface area contributed by atoms with Gasteiger partial charge in [-0.15, -0.1) is 0 Å². The normalized spacial score (nSPS) is 11.7. The number of ether oxygens (including phenoxy) is 7. The molecule has 0 heterocycles. The summed E-state index contributed by atoms with van der Waals surface area (Å²) in [6.07, 6.45) is 0.804. The lowest BCUT2D eigenvalue weighted by Crippen LogP contribution is -2.11. The molecule has 0 aliphatic carbocycles. The van der Waals surface area contributed by atoms with Crippen LogP contribution in [0, 0.1) is 0 Å². The molecule has 0 saturated heterocycles. The Morgan fingerprint density at radius 3 is 2.04 bits per heavy atom. The standard InChI is InChI=1S/C15H23IO7/c1-6-12(16)23-15-13(20-5)11(21-8-17-2)7-10(19-4)14(15)22-9-18-3/h7,12H,6,8-9H2,1-5H3. The van der Waals surface area contributed by atoms with E-state index in [2.05, 4.69) is 22.6 Å². The highest BCUT2D eigenvalue weighted by Gasteiger charge is 2.25. The second kappa shape index (κ2) is 10.6. The fourth-order valence-corrected chi connectivity index (χ4v) is 1.98. The lowest BCUT2D eigenvalue weighted by Gasteiger charge is -2.22. The highest BCUT2D eigenvalue weighted by Crippen LogP contribution is 2.51. The first-order valence-corrected chi connectivity index (χ1v) is 8.20. The van der Waals surface area contributed by atoms with Crippen LogP contribution in [0.25, 0.3) is 0 Å². The van der Waals surface area contributed by atoms with Gasteiger partial charge in [0.1, 0.15) is 4.11 Å². The molecule has 0 spiro atoms. The molecule has 1 aromatic carbocycles. The van der Waals surface area contributed by atoms with Gasteiger partial charge in [-0.25, -0.2) is 0 Å². The molecule has 8 heteroatoms. The van der Waals surface area contributed by atoms with E-state index in [1.807, 2.05) is 6.92 Å². The third-order valence-corrected chi connectivity index (χ3v) is 3.90. The van der Waals surface area contributed by atoms with Gasteiger partial charge in [0.25, 0.3) is 0 Å². The molecule has 0 N–H and O–H groups in total. The highest BCUT2D eigenvalue weighted by atomic mass is 127. The molecule has 132 valence electrons. The number of hydrogen-bond donors (Lipinski definition) is 0. The molecule has 0 fully saturated rings. The van der Waals surface area contributed by atoms with E-state index in [0.29, 0.717) is 28.7 Å². The van der Waals surface area contributed by atoms with Crippen molar-refractivity contribution in [1.82, 2.24) is 0 Å². The van der Waals surface area contributed by atoms with E-state index >= 15 is 0 Å². The van der Waals surface area contributed by atoms with Gasteiger partial charge >= 0.3 is 0 Å². The van der Waals surface area contributed by atoms with Crippen molar-refractivity contribution in [3.05, 3.63) is 6.07 Å². The number of benzene rings is 1. The second-order valence-electron chi connectivity index (χ2n) is 4.31. The van der Waals surface area contributed by atoms with Crippen molar-refractivity contribution in [2.75, 3.05) is 42.0 Å². The molecule has 0 aliphatic heterocycles. The third-order valence-electron chi connectivity index (χ3n) is 2.77. The number of alkyl halides is 1. The fourth-order valence-electron chi connectivity index (χ4n) is 1.72. The molecule has 1 aromatic rings. The van der Waals surface area contributed by atoms with Crippen molar-refractivity contribution >= 4 is 22.6 Å². The molecule has 0 radical (unpaired) electrons. The first-order valence-electron chi connectivity index (χ1n) is 6.95. The van der Waals surface area contributed by atoms with Crippen LogP contribution in [0.1, 0.15) is 13.3 Å². The Balaban J connectivity index is 3.38. The summed E-state index contributed by atoms with van der Waals surface area (Å²) in [5.41, 5.74) is 0. The Labute approximate surface area is 150 Å². The van der Waals surface area contributed by atoms with Gasteiger partial charge in [0.2, 0.25) is 17.2 Å². The molecule has 1 atom stereocenters. The summed E-state index contributed by atoms with van der Waals surface area (Å²) in [5.74, 6) is 2.08. The van der Waals surface area contributed by atoms with Crippen molar-refractivity contribution in [3.63, 3.8) is 0 Å². The smallest absolute Gasteiger partial charge is 0.212 e. The van der Waals surface area contributed by atoms with E-state index in [9.17, 15) is 0 Å². The van der Waals surface area contributed by atoms with Crippen LogP contribution in [0.3, 0.4) is 0 Å². The highest BCUT2D eigenvalue weighted by molar-refractivity contribution is 14.1. The van der Waals surface area contributed by atoms with Crippen LogP contribution < -0.4 is 23.7 Å². The molecule has 1 unspecified atom stereocenters. The van der Waals surface area contributed by atoms with Gasteiger partial charge in [-0.2, -0.15) is 0 Å². The van der Waals surface area contributed by atoms with Gasteiger partial charge in [0.05, 0.1) is 14.2 Å². The largest absolute Gasteiger partial charge is 0.493 e. The summed E-state index contributed by atoms with van der Waals surface area (Å²) in [6.45, 7) is 2.13. The van der Waals surface area contributed by atoms with E-state index in [1.165, 1.54) is 28.4 Å². The third kappa shape index (κ3) is 5.47. The summed E-state index contributed by atoms with van der Waals surface area (Å²) in [6, 6.07) is 1.66. The molecule has 1 rings (SSSR count). The Kier molecular flexibility index (Phi) is 9.19. The molecule has 0 bridgehead atoms. The average Bonchev–Trinajstić information content (AvgIpc) is 2.57. The number of halogens is 1. The average molecular weight is 442 g/mol. The van der Waals surface area contributed by atoms with Crippen LogP contribution in [0.5, 0.6) is 28.7 Å². The maximum Gasteiger partial charge on any atom is 0.212 e. The van der Waals surface area contributed by atoms with E-state index in [-0.39, 0.29) is 17.7 Å². The number of methoxy groups -OCH3 is 4. The van der Waals surface area contributed by atoms with Crippen LogP contribution in [-0.4, -0.2) is 46.1 Å². The summed E-state index contributed by atoms with van der Waals surface area (Å²) in [7, 11) is 6.14. The molecule has 0 saturated carbocycles. The lowest BCUT2D eigenvalue weighted by molar-refractivity contribution is 0.0423. The minimum atomic E-state index is -0.0752. The second-order valence-corrected chi connectivity index (χ2v) is 5.70. The van der Waals surface area contributed by atoms with Gasteiger partial charge in [0, 0.05) is 20.3 Å². The lowest BCUT2D eigenvalue weighted by atomic mass is 10.2. The first kappa shape index (κ1) is 19.9. The fraction of sp³-hybridized carbons (Fsp3) is 0.600. The van der Waals surface area contributed by atoms with Crippen LogP contribution in [0.4, 0.5) is 0 Å². The topological polar surface area (TPSA) is 64.6 Å². The Hall–Kier alpha value is -1.13. The van der Waals surface area contributed by atoms with Gasteiger partial charge < -0.3 is 33.2 Å². The molecule has 23 heavy (non-hydrogen) atoms. The molecular weight excluding hydrogens is 419 g/mol. The van der Waals surface area contributed by atoms with Crippen molar-refractivity contribution in [2.24, 2.45) is 0 Å². The summed E-state index contributed by atoms with van der Waals surface area (Å²) in [4.78, 5) is 0. The van der Waals surface area contributed by atoms with E-state index in [4.69, 9.17) is 33.2 Å². The van der Waals surface area contributed by atoms with Crippen molar-refractivity contribution in [3.8, 4) is 28.7 Å². The van der Waals surface area contributed by atoms with Crippen LogP contribution in [-0.2, 0) is 9.47 Å². The molecular formula is C15H23IO7. The Morgan fingerprint density at radius 1 is 0.870 bits per heavy atom. The molecule has 0 amide bonds. The van der Waals surface area contributed by atoms with Crippen molar-refractivity contribution in [1.29, 1.82) is 0 Å². The monoisotopic (exact) mass is 442 g/mol. The van der Waals surface area contributed by atoms with Crippen LogP contribution >= 0.6 is 22.6 Å². The van der Waals surface area contributed by atoms with Crippen molar-refractivity contribution < 1.29 is 33.2 Å². The van der Waals surface area contributed by atoms with Gasteiger partial charge in [0.15, 0.2) is 25.1 Å². The zero-order valence-electron chi connectivity index (χ0n) is 14.0. The molecule has 0 aliphatic rings. The Bertz CT molecular complexity index is 481. The number of hydrogen-bond acceptors (Lipinski definition) is 7. The quantitative estimate of drug-likeness (QED) is 0.296. The maximum atomic E-state index is 5.96. The summed E-state index contributed by atoms with van der Waals surface area (Å²) >= 11 is 2.19. The predicted octanol–water partition coefficient (Wildman–Crippen LogP) is 3.22. The van der Waals surface area contributed by atoms with Gasteiger partial charge in [-0.3, -0.25) is 0 Å². The molecule has 0 aromatic heterocycles. The summed E-state index contributed by atoms with van der Waals surface area (Å²) < 4.78 is 37.8. The predicted molar refractivity (Wildman–Crippen MR) is 93.3 cm³/mol. The Morgan fingerprint density at radius 2 is 1.52 bits per heavy atom. The molecule has 7 nitrogen and oxygen atoms in total. The summed E-state index contributed by atoms with van der Waals surface area (Å²) in [5, 5.41) is 0. The minimum absolute atomic E-state index is 0.0478. The van der Waals surface area contributed by atoms with Gasteiger partial charge in [-0.1, -0.05) is 6.92 Å². The van der Waals surface area contributed by atoms with Crippen LogP contribution in [0.2, 0.25) is 0 Å². The van der Waals surface area contributed by atoms with Crippen LogP contribution in [0.15, 0.2) is 6.07 Å². The zero-order chi connectivity index (χ0) is 17.2. The zero-order valence-corrected chi connectivity index (χ0v) is 16.2. The van der Waals surface area contributed by atoms with E-state index in [1.54, 1.807) is 6.07 Å². The SMILES string of the molecule is CCC(I)Oc1c(OC)c(OCOC)cc(OC)c1OCOC. The first-order chi connectivity index (χ1) is 11.1. The van der Waals surface area contributed by atoms with Gasteiger partial charge in [-0.05, 0) is 29.0 Å². The van der Waals surface area contributed by atoms with E-state index in [0.717, 1.165) is 6.42 Å². The number of rotatable bonds is 11. The van der Waals surface area contributed by atoms with Crippen molar-refractivity contribution in [2.45, 2.75) is 17.5 Å².